The topological polar surface area (TPSA) is 115 Å². The summed E-state index contributed by atoms with van der Waals surface area (Å²) < 4.78 is 30.4. The van der Waals surface area contributed by atoms with Gasteiger partial charge in [-0.05, 0) is 55.9 Å². The summed E-state index contributed by atoms with van der Waals surface area (Å²) in [4.78, 5) is 49.1. The van der Waals surface area contributed by atoms with E-state index in [-0.39, 0.29) is 48.5 Å². The fourth-order valence-corrected chi connectivity index (χ4v) is 5.99. The molecule has 2 aliphatic rings. The van der Waals surface area contributed by atoms with E-state index >= 15 is 0 Å². The second-order valence-corrected chi connectivity index (χ2v) is 11.0. The van der Waals surface area contributed by atoms with Crippen LogP contribution in [-0.4, -0.2) is 81.0 Å². The number of nitrogens with zero attached hydrogens (tertiary/aromatic N) is 4. The predicted molar refractivity (Wildman–Crippen MR) is 151 cm³/mol. The minimum atomic E-state index is -0.927. The Balaban J connectivity index is 1.24. The number of likely N-dealkylation sites (tertiary alicyclic amines) is 2. The number of nitrogens with one attached hydrogen (secondary N) is 3. The molecule has 4 amide bonds. The number of aromatic nitrogens is 3. The van der Waals surface area contributed by atoms with E-state index < -0.39 is 17.6 Å². The first-order valence-electron chi connectivity index (χ1n) is 14.0. The SMILES string of the molecule is O=C(NCCCCl)N1C[C@H](NC(=O)N2CCC(n3c(=O)[nH]c4ncccc43)CC2)CC[C@@H](c2cccc(F)c2F)C1. The molecule has 3 N–H and O–H groups in total. The lowest BCUT2D eigenvalue weighted by Crippen LogP contribution is -2.52. The number of alkyl halides is 1. The van der Waals surface area contributed by atoms with Gasteiger partial charge in [0.2, 0.25) is 0 Å². The van der Waals surface area contributed by atoms with Crippen LogP contribution in [0.5, 0.6) is 0 Å². The van der Waals surface area contributed by atoms with E-state index in [4.69, 9.17) is 11.6 Å². The fraction of sp³-hybridized carbons (Fsp3) is 0.500. The van der Waals surface area contributed by atoms with Crippen LogP contribution in [0.2, 0.25) is 0 Å². The van der Waals surface area contributed by atoms with E-state index in [1.165, 1.54) is 6.07 Å². The van der Waals surface area contributed by atoms with Gasteiger partial charge >= 0.3 is 17.8 Å². The molecule has 2 aromatic heterocycles. The number of aromatic amines is 1. The Morgan fingerprint density at radius 2 is 1.83 bits per heavy atom. The van der Waals surface area contributed by atoms with Crippen molar-refractivity contribution in [3.8, 4) is 0 Å². The second-order valence-electron chi connectivity index (χ2n) is 10.6. The number of hydrogen-bond donors (Lipinski definition) is 3. The van der Waals surface area contributed by atoms with Crippen molar-refractivity contribution in [3.63, 3.8) is 0 Å². The number of rotatable bonds is 6. The zero-order valence-electron chi connectivity index (χ0n) is 22.6. The van der Waals surface area contributed by atoms with Crippen LogP contribution in [0.3, 0.4) is 0 Å². The lowest BCUT2D eigenvalue weighted by Gasteiger charge is -2.34. The highest BCUT2D eigenvalue weighted by atomic mass is 35.5. The molecule has 0 unspecified atom stereocenters. The van der Waals surface area contributed by atoms with Crippen LogP contribution < -0.4 is 16.3 Å². The summed E-state index contributed by atoms with van der Waals surface area (Å²) in [6, 6.07) is 6.71. The number of carbonyl (C=O) groups excluding carboxylic acids is 2. The van der Waals surface area contributed by atoms with Crippen LogP contribution in [0.15, 0.2) is 41.3 Å². The molecule has 41 heavy (non-hydrogen) atoms. The number of H-pyrrole nitrogens is 1. The minimum absolute atomic E-state index is 0.0588. The molecule has 1 aromatic carbocycles. The summed E-state index contributed by atoms with van der Waals surface area (Å²) >= 11 is 5.74. The Bertz CT molecular complexity index is 1440. The highest BCUT2D eigenvalue weighted by Gasteiger charge is 2.32. The number of benzene rings is 1. The summed E-state index contributed by atoms with van der Waals surface area (Å²) in [7, 11) is 0. The summed E-state index contributed by atoms with van der Waals surface area (Å²) in [6.45, 7) is 1.74. The van der Waals surface area contributed by atoms with E-state index in [0.29, 0.717) is 63.3 Å². The zero-order valence-corrected chi connectivity index (χ0v) is 23.4. The lowest BCUT2D eigenvalue weighted by molar-refractivity contribution is 0.163. The van der Waals surface area contributed by atoms with E-state index in [0.717, 1.165) is 11.6 Å². The first-order chi connectivity index (χ1) is 19.9. The molecule has 10 nitrogen and oxygen atoms in total. The molecule has 2 fully saturated rings. The van der Waals surface area contributed by atoms with Crippen molar-refractivity contribution in [1.82, 2.24) is 35.0 Å². The number of amides is 4. The quantitative estimate of drug-likeness (QED) is 0.298. The molecule has 0 spiro atoms. The molecule has 3 aromatic rings. The monoisotopic (exact) mass is 589 g/mol. The Labute approximate surface area is 241 Å². The van der Waals surface area contributed by atoms with Gasteiger partial charge in [0.15, 0.2) is 17.3 Å². The van der Waals surface area contributed by atoms with Crippen molar-refractivity contribution in [3.05, 3.63) is 64.2 Å². The van der Waals surface area contributed by atoms with Crippen LogP contribution in [0, 0.1) is 11.6 Å². The van der Waals surface area contributed by atoms with Crippen molar-refractivity contribution in [2.45, 2.75) is 50.1 Å². The van der Waals surface area contributed by atoms with Crippen molar-refractivity contribution in [2.75, 3.05) is 38.6 Å². The third-order valence-electron chi connectivity index (χ3n) is 7.97. The predicted octanol–water partition coefficient (Wildman–Crippen LogP) is 3.94. The molecule has 5 rings (SSSR count). The zero-order chi connectivity index (χ0) is 28.9. The van der Waals surface area contributed by atoms with Crippen LogP contribution in [0.25, 0.3) is 11.2 Å². The minimum Gasteiger partial charge on any atom is -0.338 e. The van der Waals surface area contributed by atoms with Crippen molar-refractivity contribution >= 4 is 34.8 Å². The van der Waals surface area contributed by atoms with Crippen LogP contribution >= 0.6 is 11.6 Å². The van der Waals surface area contributed by atoms with Crippen LogP contribution in [0.4, 0.5) is 18.4 Å². The van der Waals surface area contributed by atoms with Crippen molar-refractivity contribution in [1.29, 1.82) is 0 Å². The average molecular weight is 590 g/mol. The third-order valence-corrected chi connectivity index (χ3v) is 8.24. The number of piperidine rings is 1. The van der Waals surface area contributed by atoms with Gasteiger partial charge in [-0.3, -0.25) is 9.55 Å². The highest BCUT2D eigenvalue weighted by molar-refractivity contribution is 6.17. The molecular formula is C28H34ClF2N7O3. The Morgan fingerprint density at radius 3 is 2.61 bits per heavy atom. The van der Waals surface area contributed by atoms with E-state index in [2.05, 4.69) is 20.6 Å². The normalized spacial score (nSPS) is 20.2. The molecule has 220 valence electrons. The van der Waals surface area contributed by atoms with Gasteiger partial charge in [0, 0.05) is 62.8 Å². The van der Waals surface area contributed by atoms with E-state index in [9.17, 15) is 23.2 Å². The molecule has 0 radical (unpaired) electrons. The van der Waals surface area contributed by atoms with Gasteiger partial charge in [0.1, 0.15) is 0 Å². The number of fused-ring (bicyclic) bond motifs is 1. The highest BCUT2D eigenvalue weighted by Crippen LogP contribution is 2.30. The van der Waals surface area contributed by atoms with Gasteiger partial charge in [-0.2, -0.15) is 0 Å². The maximum atomic E-state index is 14.7. The molecule has 4 heterocycles. The first kappa shape index (κ1) is 28.8. The van der Waals surface area contributed by atoms with Gasteiger partial charge in [-0.25, -0.2) is 28.1 Å². The van der Waals surface area contributed by atoms with Gasteiger partial charge in [0.25, 0.3) is 0 Å². The molecule has 13 heteroatoms. The third kappa shape index (κ3) is 6.47. The summed E-state index contributed by atoms with van der Waals surface area (Å²) in [5.74, 6) is -1.86. The van der Waals surface area contributed by atoms with Crippen LogP contribution in [0.1, 0.15) is 49.6 Å². The Morgan fingerprint density at radius 1 is 1.02 bits per heavy atom. The molecule has 2 saturated heterocycles. The number of pyridine rings is 1. The molecular weight excluding hydrogens is 556 g/mol. The molecule has 2 aliphatic heterocycles. The summed E-state index contributed by atoms with van der Waals surface area (Å²) in [6.07, 6.45) is 4.40. The standard InChI is InChI=1S/C28H34ClF2N7O3/c29-11-3-13-33-26(39)37-16-18(21-4-1-5-22(30)24(21)31)7-8-19(17-37)34-27(40)36-14-9-20(10-15-36)38-23-6-2-12-32-25(23)35-28(38)41/h1-2,4-6,12,18-20H,3,7-11,13-17H2,(H,33,39)(H,34,40)(H,32,35,41)/t18-,19-/m1/s1. The molecule has 2 atom stereocenters. The molecule has 0 aliphatic carbocycles. The lowest BCUT2D eigenvalue weighted by atomic mass is 9.93. The number of imidazole rings is 1. The first-order valence-corrected chi connectivity index (χ1v) is 14.5. The fourth-order valence-electron chi connectivity index (χ4n) is 5.85. The number of urea groups is 2. The Hall–Kier alpha value is -3.67. The maximum absolute atomic E-state index is 14.7. The summed E-state index contributed by atoms with van der Waals surface area (Å²) in [5.41, 5.74) is 1.29. The number of carbonyl (C=O) groups is 2. The summed E-state index contributed by atoms with van der Waals surface area (Å²) in [5, 5.41) is 5.89. The van der Waals surface area contributed by atoms with Gasteiger partial charge in [-0.1, -0.05) is 12.1 Å². The van der Waals surface area contributed by atoms with Crippen molar-refractivity contribution < 1.29 is 18.4 Å². The maximum Gasteiger partial charge on any atom is 0.327 e. The van der Waals surface area contributed by atoms with Crippen molar-refractivity contribution in [2.24, 2.45) is 0 Å². The van der Waals surface area contributed by atoms with Gasteiger partial charge < -0.3 is 20.4 Å². The van der Waals surface area contributed by atoms with Gasteiger partial charge in [0.05, 0.1) is 5.52 Å². The average Bonchev–Trinajstić information content (AvgIpc) is 3.16. The number of halogens is 3. The number of hydrogen-bond acceptors (Lipinski definition) is 4. The Kier molecular flexibility index (Phi) is 9.06. The van der Waals surface area contributed by atoms with Crippen LogP contribution in [-0.2, 0) is 0 Å². The smallest absolute Gasteiger partial charge is 0.327 e. The van der Waals surface area contributed by atoms with Gasteiger partial charge in [-0.15, -0.1) is 11.6 Å². The molecule has 0 saturated carbocycles. The molecule has 0 bridgehead atoms. The van der Waals surface area contributed by atoms with E-state index in [1.54, 1.807) is 32.7 Å². The van der Waals surface area contributed by atoms with E-state index in [1.807, 2.05) is 6.07 Å². The largest absolute Gasteiger partial charge is 0.338 e. The second kappa shape index (κ2) is 12.9.